The predicted molar refractivity (Wildman–Crippen MR) is 103 cm³/mol. The van der Waals surface area contributed by atoms with E-state index in [1.807, 2.05) is 55.5 Å². The van der Waals surface area contributed by atoms with Crippen molar-refractivity contribution in [1.29, 1.82) is 0 Å². The summed E-state index contributed by atoms with van der Waals surface area (Å²) < 4.78 is 0. The summed E-state index contributed by atoms with van der Waals surface area (Å²) in [7, 11) is 0. The molecule has 4 nitrogen and oxygen atoms in total. The first kappa shape index (κ1) is 16.5. The molecule has 26 heavy (non-hydrogen) atoms. The van der Waals surface area contributed by atoms with E-state index in [-0.39, 0.29) is 16.7 Å². The summed E-state index contributed by atoms with van der Waals surface area (Å²) >= 11 is 1.26. The Morgan fingerprint density at radius 2 is 1.92 bits per heavy atom. The molecular weight excluding hydrogens is 346 g/mol. The van der Waals surface area contributed by atoms with Crippen LogP contribution in [0, 0.1) is 6.92 Å². The van der Waals surface area contributed by atoms with Gasteiger partial charge in [-0.1, -0.05) is 60.2 Å². The van der Waals surface area contributed by atoms with Gasteiger partial charge in [0.2, 0.25) is 5.91 Å². The van der Waals surface area contributed by atoms with Gasteiger partial charge in [-0.15, -0.1) is 11.3 Å². The van der Waals surface area contributed by atoms with Gasteiger partial charge in [0, 0.05) is 22.8 Å². The molecule has 0 spiro atoms. The molecule has 0 bridgehead atoms. The van der Waals surface area contributed by atoms with Crippen molar-refractivity contribution < 1.29 is 14.7 Å². The van der Waals surface area contributed by atoms with Crippen molar-refractivity contribution in [2.45, 2.75) is 19.3 Å². The van der Waals surface area contributed by atoms with E-state index in [2.05, 4.69) is 11.4 Å². The van der Waals surface area contributed by atoms with E-state index < -0.39 is 5.97 Å². The zero-order valence-corrected chi connectivity index (χ0v) is 15.0. The van der Waals surface area contributed by atoms with Gasteiger partial charge in [-0.05, 0) is 18.1 Å². The first-order valence-electron chi connectivity index (χ1n) is 8.36. The van der Waals surface area contributed by atoms with Gasteiger partial charge in [-0.3, -0.25) is 4.79 Å². The second-order valence-corrected chi connectivity index (χ2v) is 7.49. The Morgan fingerprint density at radius 1 is 1.15 bits per heavy atom. The van der Waals surface area contributed by atoms with E-state index in [4.69, 9.17) is 0 Å². The molecule has 0 saturated heterocycles. The normalized spacial score (nSPS) is 16.0. The lowest BCUT2D eigenvalue weighted by molar-refractivity contribution is -0.116. The van der Waals surface area contributed by atoms with E-state index in [1.54, 1.807) is 0 Å². The number of carboxylic acid groups (broad SMARTS) is 1. The molecule has 1 aliphatic rings. The Balaban J connectivity index is 1.95. The predicted octanol–water partition coefficient (Wildman–Crippen LogP) is 4.90. The average Bonchev–Trinajstić information content (AvgIpc) is 3.01. The minimum Gasteiger partial charge on any atom is -0.477 e. The number of aryl methyl sites for hydroxylation is 1. The lowest BCUT2D eigenvalue weighted by Gasteiger charge is -2.24. The molecule has 1 aromatic heterocycles. The molecule has 0 saturated carbocycles. The van der Waals surface area contributed by atoms with Crippen LogP contribution in [0.25, 0.3) is 11.1 Å². The van der Waals surface area contributed by atoms with Gasteiger partial charge in [-0.2, -0.15) is 0 Å². The van der Waals surface area contributed by atoms with Crippen LogP contribution in [-0.4, -0.2) is 17.0 Å². The number of fused-ring (bicyclic) bond motifs is 1. The number of thiophene rings is 1. The number of amides is 1. The molecule has 0 aliphatic carbocycles. The summed E-state index contributed by atoms with van der Waals surface area (Å²) in [5.74, 6) is -1.18. The zero-order valence-electron chi connectivity index (χ0n) is 14.2. The van der Waals surface area contributed by atoms with E-state index in [0.29, 0.717) is 17.7 Å². The van der Waals surface area contributed by atoms with Crippen molar-refractivity contribution in [2.75, 3.05) is 5.32 Å². The van der Waals surface area contributed by atoms with Crippen LogP contribution in [0.1, 0.15) is 38.0 Å². The van der Waals surface area contributed by atoms with Crippen LogP contribution in [0.3, 0.4) is 0 Å². The van der Waals surface area contributed by atoms with Crippen LogP contribution in [0.5, 0.6) is 0 Å². The van der Waals surface area contributed by atoms with E-state index in [0.717, 1.165) is 21.6 Å². The molecule has 2 heterocycles. The zero-order chi connectivity index (χ0) is 18.3. The van der Waals surface area contributed by atoms with Crippen molar-refractivity contribution in [3.05, 3.63) is 75.5 Å². The number of anilines is 1. The van der Waals surface area contributed by atoms with Crippen molar-refractivity contribution in [1.82, 2.24) is 0 Å². The quantitative estimate of drug-likeness (QED) is 0.696. The second kappa shape index (κ2) is 6.42. The molecule has 1 aliphatic heterocycles. The Morgan fingerprint density at radius 3 is 2.62 bits per heavy atom. The molecule has 130 valence electrons. The summed E-state index contributed by atoms with van der Waals surface area (Å²) in [6.45, 7) is 2.01. The topological polar surface area (TPSA) is 66.4 Å². The monoisotopic (exact) mass is 363 g/mol. The summed E-state index contributed by atoms with van der Waals surface area (Å²) in [5.41, 5.74) is 4.20. The maximum absolute atomic E-state index is 12.4. The van der Waals surface area contributed by atoms with Crippen molar-refractivity contribution in [3.8, 4) is 11.1 Å². The Bertz CT molecular complexity index is 1010. The molecule has 0 unspecified atom stereocenters. The average molecular weight is 363 g/mol. The van der Waals surface area contributed by atoms with Crippen LogP contribution in [0.15, 0.2) is 54.6 Å². The number of hydrogen-bond acceptors (Lipinski definition) is 3. The van der Waals surface area contributed by atoms with Gasteiger partial charge >= 0.3 is 5.97 Å². The SMILES string of the molecule is Cc1cccc([C@@H]2CC(=O)Nc3c2sc(C(=O)O)c3-c2ccccc2)c1. The molecule has 5 heteroatoms. The maximum Gasteiger partial charge on any atom is 0.346 e. The molecule has 1 amide bonds. The highest BCUT2D eigenvalue weighted by atomic mass is 32.1. The van der Waals surface area contributed by atoms with Gasteiger partial charge in [0.25, 0.3) is 0 Å². The number of nitrogens with one attached hydrogen (secondary N) is 1. The number of benzene rings is 2. The fourth-order valence-corrected chi connectivity index (χ4v) is 4.72. The van der Waals surface area contributed by atoms with E-state index >= 15 is 0 Å². The van der Waals surface area contributed by atoms with Gasteiger partial charge in [0.15, 0.2) is 0 Å². The highest BCUT2D eigenvalue weighted by Crippen LogP contribution is 2.49. The van der Waals surface area contributed by atoms with Crippen LogP contribution in [0.2, 0.25) is 0 Å². The lowest BCUT2D eigenvalue weighted by Crippen LogP contribution is -2.22. The molecule has 2 aromatic carbocycles. The van der Waals surface area contributed by atoms with Crippen molar-refractivity contribution in [2.24, 2.45) is 0 Å². The third-order valence-electron chi connectivity index (χ3n) is 4.61. The second-order valence-electron chi connectivity index (χ2n) is 6.44. The van der Waals surface area contributed by atoms with Crippen LogP contribution < -0.4 is 5.32 Å². The highest BCUT2D eigenvalue weighted by Gasteiger charge is 2.34. The third-order valence-corrected chi connectivity index (χ3v) is 5.90. The molecular formula is C21H17NO3S. The first-order valence-corrected chi connectivity index (χ1v) is 9.18. The van der Waals surface area contributed by atoms with Crippen LogP contribution in [-0.2, 0) is 4.79 Å². The van der Waals surface area contributed by atoms with Gasteiger partial charge in [-0.25, -0.2) is 4.79 Å². The van der Waals surface area contributed by atoms with Gasteiger partial charge in [0.1, 0.15) is 4.88 Å². The summed E-state index contributed by atoms with van der Waals surface area (Å²) in [6.07, 6.45) is 0.324. The fraction of sp³-hybridized carbons (Fsp3) is 0.143. The summed E-state index contributed by atoms with van der Waals surface area (Å²) in [5, 5.41) is 12.7. The molecule has 0 radical (unpaired) electrons. The molecule has 1 atom stereocenters. The smallest absolute Gasteiger partial charge is 0.346 e. The first-order chi connectivity index (χ1) is 12.5. The number of carbonyl (C=O) groups is 2. The molecule has 2 N–H and O–H groups in total. The molecule has 3 aromatic rings. The molecule has 0 fully saturated rings. The van der Waals surface area contributed by atoms with Crippen LogP contribution in [0.4, 0.5) is 5.69 Å². The summed E-state index contributed by atoms with van der Waals surface area (Å²) in [4.78, 5) is 25.5. The largest absolute Gasteiger partial charge is 0.477 e. The minimum atomic E-state index is -0.972. The van der Waals surface area contributed by atoms with Crippen LogP contribution >= 0.6 is 11.3 Å². The lowest BCUT2D eigenvalue weighted by atomic mass is 9.88. The Kier molecular flexibility index (Phi) is 4.09. The van der Waals surface area contributed by atoms with Crippen molar-refractivity contribution >= 4 is 28.9 Å². The third kappa shape index (κ3) is 2.80. The van der Waals surface area contributed by atoms with Crippen molar-refractivity contribution in [3.63, 3.8) is 0 Å². The number of carboxylic acids is 1. The van der Waals surface area contributed by atoms with Gasteiger partial charge in [0.05, 0.1) is 5.69 Å². The Hall–Kier alpha value is -2.92. The fourth-order valence-electron chi connectivity index (χ4n) is 3.47. The standard InChI is InChI=1S/C21H17NO3S/c1-12-6-5-9-14(10-12)15-11-16(23)22-18-17(13-7-3-2-4-8-13)20(21(24)25)26-19(15)18/h2-10,15H,11H2,1H3,(H,22,23)(H,24,25)/t15-/m0/s1. The number of rotatable bonds is 3. The number of hydrogen-bond donors (Lipinski definition) is 2. The highest BCUT2D eigenvalue weighted by molar-refractivity contribution is 7.15. The summed E-state index contributed by atoms with van der Waals surface area (Å²) in [6, 6.07) is 17.4. The number of carbonyl (C=O) groups excluding carboxylic acids is 1. The number of aromatic carboxylic acids is 1. The van der Waals surface area contributed by atoms with Gasteiger partial charge < -0.3 is 10.4 Å². The Labute approximate surface area is 155 Å². The minimum absolute atomic E-state index is 0.0871. The molecule has 4 rings (SSSR count). The van der Waals surface area contributed by atoms with E-state index in [9.17, 15) is 14.7 Å². The maximum atomic E-state index is 12.4. The van der Waals surface area contributed by atoms with E-state index in [1.165, 1.54) is 11.3 Å².